The second-order valence-electron chi connectivity index (χ2n) is 3.11. The molecule has 4 heteroatoms. The van der Waals surface area contributed by atoms with Crippen LogP contribution in [-0.4, -0.2) is 31.5 Å². The highest BCUT2D eigenvalue weighted by atomic mass is 16.6. The second kappa shape index (κ2) is 3.75. The Morgan fingerprint density at radius 2 is 2.00 bits per heavy atom. The van der Waals surface area contributed by atoms with E-state index in [4.69, 9.17) is 14.2 Å². The maximum absolute atomic E-state index is 9.24. The Labute approximate surface area is 82.0 Å². The maximum Gasteiger partial charge on any atom is 0.164 e. The van der Waals surface area contributed by atoms with Crippen LogP contribution >= 0.6 is 0 Å². The summed E-state index contributed by atoms with van der Waals surface area (Å²) in [6, 6.07) is 4.78. The van der Waals surface area contributed by atoms with Crippen LogP contribution in [0.2, 0.25) is 0 Å². The van der Waals surface area contributed by atoms with Gasteiger partial charge in [0, 0.05) is 13.2 Å². The summed E-state index contributed by atoms with van der Waals surface area (Å²) in [5.74, 6) is 1.37. The van der Waals surface area contributed by atoms with Crippen LogP contribution in [0, 0.1) is 0 Å². The topological polar surface area (TPSA) is 47.9 Å². The first-order valence-electron chi connectivity index (χ1n) is 4.41. The molecule has 2 rings (SSSR count). The highest BCUT2D eigenvalue weighted by molar-refractivity contribution is 5.45. The number of aromatic hydroxyl groups is 1. The third kappa shape index (κ3) is 1.75. The lowest BCUT2D eigenvalue weighted by molar-refractivity contribution is 0.0366. The van der Waals surface area contributed by atoms with Crippen molar-refractivity contribution in [1.82, 2.24) is 0 Å². The van der Waals surface area contributed by atoms with Crippen molar-refractivity contribution in [1.29, 1.82) is 0 Å². The van der Waals surface area contributed by atoms with Crippen LogP contribution in [-0.2, 0) is 4.74 Å². The van der Waals surface area contributed by atoms with Crippen LogP contribution in [0.1, 0.15) is 0 Å². The van der Waals surface area contributed by atoms with E-state index in [0.29, 0.717) is 24.7 Å². The Kier molecular flexibility index (Phi) is 2.45. The van der Waals surface area contributed by atoms with Crippen molar-refractivity contribution in [3.8, 4) is 17.2 Å². The summed E-state index contributed by atoms with van der Waals surface area (Å²) in [4.78, 5) is 0. The Morgan fingerprint density at radius 1 is 1.29 bits per heavy atom. The monoisotopic (exact) mass is 196 g/mol. The number of phenolic OH excluding ortho intramolecular Hbond substituents is 1. The zero-order chi connectivity index (χ0) is 9.97. The number of fused-ring (bicyclic) bond motifs is 1. The SMILES string of the molecule is CO[C@H]1COc2ccc(O)cc2OC1. The number of hydrogen-bond donors (Lipinski definition) is 1. The summed E-state index contributed by atoms with van der Waals surface area (Å²) in [5.41, 5.74) is 0. The quantitative estimate of drug-likeness (QED) is 0.732. The summed E-state index contributed by atoms with van der Waals surface area (Å²) < 4.78 is 16.0. The number of rotatable bonds is 1. The van der Waals surface area contributed by atoms with Gasteiger partial charge in [0.05, 0.1) is 0 Å². The third-order valence-electron chi connectivity index (χ3n) is 2.11. The first-order valence-corrected chi connectivity index (χ1v) is 4.41. The van der Waals surface area contributed by atoms with Crippen LogP contribution in [0.5, 0.6) is 17.2 Å². The molecule has 1 atom stereocenters. The van der Waals surface area contributed by atoms with Crippen LogP contribution in [0.25, 0.3) is 0 Å². The molecule has 0 unspecified atom stereocenters. The number of phenols is 1. The molecule has 0 saturated carbocycles. The predicted octanol–water partition coefficient (Wildman–Crippen LogP) is 1.18. The van der Waals surface area contributed by atoms with Gasteiger partial charge in [0.25, 0.3) is 0 Å². The van der Waals surface area contributed by atoms with E-state index < -0.39 is 0 Å². The van der Waals surface area contributed by atoms with Crippen molar-refractivity contribution >= 4 is 0 Å². The van der Waals surface area contributed by atoms with E-state index in [9.17, 15) is 5.11 Å². The number of ether oxygens (including phenoxy) is 3. The smallest absolute Gasteiger partial charge is 0.164 e. The predicted molar refractivity (Wildman–Crippen MR) is 49.9 cm³/mol. The van der Waals surface area contributed by atoms with Crippen molar-refractivity contribution < 1.29 is 19.3 Å². The van der Waals surface area contributed by atoms with E-state index in [1.54, 1.807) is 19.2 Å². The van der Waals surface area contributed by atoms with Crippen LogP contribution in [0.4, 0.5) is 0 Å². The average Bonchev–Trinajstić information content (AvgIpc) is 2.39. The van der Waals surface area contributed by atoms with Gasteiger partial charge in [0.1, 0.15) is 25.1 Å². The molecule has 0 fully saturated rings. The largest absolute Gasteiger partial charge is 0.508 e. The average molecular weight is 196 g/mol. The van der Waals surface area contributed by atoms with Crippen LogP contribution in [0.15, 0.2) is 18.2 Å². The molecule has 1 aromatic carbocycles. The van der Waals surface area contributed by atoms with E-state index in [-0.39, 0.29) is 11.9 Å². The van der Waals surface area contributed by atoms with E-state index in [1.807, 2.05) is 0 Å². The van der Waals surface area contributed by atoms with Gasteiger partial charge in [0.15, 0.2) is 11.5 Å². The van der Waals surface area contributed by atoms with Gasteiger partial charge in [-0.05, 0) is 12.1 Å². The normalized spacial score (nSPS) is 20.2. The van der Waals surface area contributed by atoms with Gasteiger partial charge < -0.3 is 19.3 Å². The molecule has 1 aliphatic heterocycles. The van der Waals surface area contributed by atoms with Gasteiger partial charge in [-0.25, -0.2) is 0 Å². The van der Waals surface area contributed by atoms with Crippen LogP contribution in [0.3, 0.4) is 0 Å². The minimum atomic E-state index is -0.0652. The number of hydrogen-bond acceptors (Lipinski definition) is 4. The lowest BCUT2D eigenvalue weighted by Crippen LogP contribution is -2.24. The first kappa shape index (κ1) is 9.15. The Balaban J connectivity index is 2.21. The fourth-order valence-electron chi connectivity index (χ4n) is 1.28. The summed E-state index contributed by atoms with van der Waals surface area (Å²) in [6.07, 6.45) is -0.0652. The Bertz CT molecular complexity index is 324. The zero-order valence-corrected chi connectivity index (χ0v) is 7.90. The van der Waals surface area contributed by atoms with Crippen LogP contribution < -0.4 is 9.47 Å². The van der Waals surface area contributed by atoms with E-state index in [0.717, 1.165) is 0 Å². The summed E-state index contributed by atoms with van der Waals surface area (Å²) in [5, 5.41) is 9.24. The van der Waals surface area contributed by atoms with Crippen molar-refractivity contribution in [3.63, 3.8) is 0 Å². The van der Waals surface area contributed by atoms with Gasteiger partial charge >= 0.3 is 0 Å². The molecule has 1 N–H and O–H groups in total. The molecular weight excluding hydrogens is 184 g/mol. The molecule has 0 saturated heterocycles. The lowest BCUT2D eigenvalue weighted by atomic mass is 10.3. The molecular formula is C10H12O4. The molecule has 1 aromatic rings. The van der Waals surface area contributed by atoms with Gasteiger partial charge in [-0.1, -0.05) is 0 Å². The molecule has 4 nitrogen and oxygen atoms in total. The van der Waals surface area contributed by atoms with E-state index >= 15 is 0 Å². The van der Waals surface area contributed by atoms with Crippen molar-refractivity contribution in [2.45, 2.75) is 6.10 Å². The highest BCUT2D eigenvalue weighted by Gasteiger charge is 2.17. The molecule has 0 amide bonds. The van der Waals surface area contributed by atoms with E-state index in [2.05, 4.69) is 0 Å². The molecule has 0 spiro atoms. The molecule has 0 radical (unpaired) electrons. The molecule has 1 heterocycles. The van der Waals surface area contributed by atoms with Gasteiger partial charge in [-0.3, -0.25) is 0 Å². The standard InChI is InChI=1S/C10H12O4/c1-12-8-5-13-9-3-2-7(11)4-10(9)14-6-8/h2-4,8,11H,5-6H2,1H3/t8-/m0/s1. The minimum absolute atomic E-state index is 0.0652. The lowest BCUT2D eigenvalue weighted by Gasteiger charge is -2.09. The summed E-state index contributed by atoms with van der Waals surface area (Å²) in [6.45, 7) is 0.904. The van der Waals surface area contributed by atoms with E-state index in [1.165, 1.54) is 6.07 Å². The molecule has 0 bridgehead atoms. The maximum atomic E-state index is 9.24. The summed E-state index contributed by atoms with van der Waals surface area (Å²) >= 11 is 0. The first-order chi connectivity index (χ1) is 6.79. The van der Waals surface area contributed by atoms with Crippen molar-refractivity contribution in [3.05, 3.63) is 18.2 Å². The van der Waals surface area contributed by atoms with Gasteiger partial charge in [0.2, 0.25) is 0 Å². The zero-order valence-electron chi connectivity index (χ0n) is 7.90. The third-order valence-corrected chi connectivity index (χ3v) is 2.11. The minimum Gasteiger partial charge on any atom is -0.508 e. The van der Waals surface area contributed by atoms with Gasteiger partial charge in [-0.15, -0.1) is 0 Å². The second-order valence-corrected chi connectivity index (χ2v) is 3.11. The fraction of sp³-hybridized carbons (Fsp3) is 0.400. The molecule has 0 aromatic heterocycles. The number of methoxy groups -OCH3 is 1. The molecule has 14 heavy (non-hydrogen) atoms. The van der Waals surface area contributed by atoms with Gasteiger partial charge in [-0.2, -0.15) is 0 Å². The summed E-state index contributed by atoms with van der Waals surface area (Å²) in [7, 11) is 1.62. The molecule has 0 aliphatic carbocycles. The molecule has 1 aliphatic rings. The Morgan fingerprint density at radius 3 is 2.71 bits per heavy atom. The Hall–Kier alpha value is -1.42. The number of benzene rings is 1. The fourth-order valence-corrected chi connectivity index (χ4v) is 1.28. The molecule has 76 valence electrons. The van der Waals surface area contributed by atoms with Crippen molar-refractivity contribution in [2.24, 2.45) is 0 Å². The highest BCUT2D eigenvalue weighted by Crippen LogP contribution is 2.32. The van der Waals surface area contributed by atoms with Crippen molar-refractivity contribution in [2.75, 3.05) is 20.3 Å².